The minimum absolute atomic E-state index is 0.0514. The average Bonchev–Trinajstić information content (AvgIpc) is 2.83. The molecule has 1 aliphatic heterocycles. The van der Waals surface area contributed by atoms with E-state index in [-0.39, 0.29) is 24.3 Å². The molecule has 112 valence electrons. The molecule has 1 aliphatic rings. The molecule has 0 aliphatic carbocycles. The summed E-state index contributed by atoms with van der Waals surface area (Å²) in [5.41, 5.74) is 0.674. The van der Waals surface area contributed by atoms with Crippen molar-refractivity contribution in [3.05, 3.63) is 29.8 Å². The van der Waals surface area contributed by atoms with Gasteiger partial charge >= 0.3 is 5.97 Å². The minimum atomic E-state index is -3.99. The highest BCUT2D eigenvalue weighted by molar-refractivity contribution is 7.89. The number of benzene rings is 1. The SMILES string of the molecule is N#CCc1ccc(S(=O)(=O)N2CC(O)CC2C(=O)O)cc1. The van der Waals surface area contributed by atoms with E-state index >= 15 is 0 Å². The van der Waals surface area contributed by atoms with E-state index in [1.807, 2.05) is 6.07 Å². The summed E-state index contributed by atoms with van der Waals surface area (Å²) >= 11 is 0. The lowest BCUT2D eigenvalue weighted by Crippen LogP contribution is -2.40. The van der Waals surface area contributed by atoms with E-state index in [1.165, 1.54) is 24.3 Å². The highest BCUT2D eigenvalue weighted by Crippen LogP contribution is 2.26. The van der Waals surface area contributed by atoms with Gasteiger partial charge in [-0.3, -0.25) is 4.79 Å². The van der Waals surface area contributed by atoms with Gasteiger partial charge in [-0.05, 0) is 17.7 Å². The second-order valence-corrected chi connectivity index (χ2v) is 6.69. The molecule has 8 heteroatoms. The van der Waals surface area contributed by atoms with Gasteiger partial charge in [-0.1, -0.05) is 12.1 Å². The third kappa shape index (κ3) is 3.05. The van der Waals surface area contributed by atoms with Gasteiger partial charge in [0, 0.05) is 13.0 Å². The normalized spacial score (nSPS) is 22.9. The molecule has 1 fully saturated rings. The monoisotopic (exact) mass is 310 g/mol. The molecule has 0 radical (unpaired) electrons. The molecule has 0 saturated carbocycles. The number of rotatable bonds is 4. The number of β-amino-alcohol motifs (C(OH)–C–C–N with tert-alkyl or cyclic N) is 1. The Morgan fingerprint density at radius 2 is 2.00 bits per heavy atom. The number of aliphatic hydroxyl groups is 1. The van der Waals surface area contributed by atoms with Crippen LogP contribution in [0.5, 0.6) is 0 Å². The average molecular weight is 310 g/mol. The van der Waals surface area contributed by atoms with Gasteiger partial charge in [0.15, 0.2) is 0 Å². The third-order valence-corrected chi connectivity index (χ3v) is 5.22. The van der Waals surface area contributed by atoms with Gasteiger partial charge in [-0.2, -0.15) is 9.57 Å². The molecule has 2 rings (SSSR count). The summed E-state index contributed by atoms with van der Waals surface area (Å²) in [5, 5.41) is 27.2. The Bertz CT molecular complexity index is 678. The summed E-state index contributed by atoms with van der Waals surface area (Å²) in [7, 11) is -3.99. The molecule has 0 spiro atoms. The summed E-state index contributed by atoms with van der Waals surface area (Å²) < 4.78 is 25.7. The highest BCUT2D eigenvalue weighted by Gasteiger charge is 2.43. The number of sulfonamides is 1. The third-order valence-electron chi connectivity index (χ3n) is 3.33. The molecule has 0 amide bonds. The van der Waals surface area contributed by atoms with Gasteiger partial charge in [-0.15, -0.1) is 0 Å². The van der Waals surface area contributed by atoms with E-state index in [1.54, 1.807) is 0 Å². The Labute approximate surface area is 122 Å². The molecule has 21 heavy (non-hydrogen) atoms. The van der Waals surface area contributed by atoms with E-state index in [0.717, 1.165) is 4.31 Å². The van der Waals surface area contributed by atoms with Crippen LogP contribution in [0, 0.1) is 11.3 Å². The van der Waals surface area contributed by atoms with Crippen LogP contribution in [-0.2, 0) is 21.2 Å². The topological polar surface area (TPSA) is 119 Å². The predicted octanol–water partition coefficient (Wildman–Crippen LogP) is -0.0388. The van der Waals surface area contributed by atoms with Crippen LogP contribution in [0.3, 0.4) is 0 Å². The van der Waals surface area contributed by atoms with Crippen LogP contribution in [-0.4, -0.2) is 47.6 Å². The highest BCUT2D eigenvalue weighted by atomic mass is 32.2. The maximum absolute atomic E-state index is 12.5. The molecular weight excluding hydrogens is 296 g/mol. The Hall–Kier alpha value is -1.95. The number of hydrogen-bond acceptors (Lipinski definition) is 5. The van der Waals surface area contributed by atoms with Gasteiger partial charge in [0.05, 0.1) is 23.5 Å². The first-order valence-electron chi connectivity index (χ1n) is 6.25. The van der Waals surface area contributed by atoms with E-state index in [0.29, 0.717) is 5.56 Å². The number of carboxylic acids is 1. The zero-order valence-electron chi connectivity index (χ0n) is 11.0. The molecule has 0 bridgehead atoms. The van der Waals surface area contributed by atoms with Crippen molar-refractivity contribution in [1.29, 1.82) is 5.26 Å². The van der Waals surface area contributed by atoms with Crippen LogP contribution in [0.15, 0.2) is 29.2 Å². The van der Waals surface area contributed by atoms with E-state index in [2.05, 4.69) is 0 Å². The van der Waals surface area contributed by atoms with Gasteiger partial charge < -0.3 is 10.2 Å². The lowest BCUT2D eigenvalue weighted by atomic mass is 10.2. The fourth-order valence-corrected chi connectivity index (χ4v) is 3.91. The van der Waals surface area contributed by atoms with Gasteiger partial charge in [0.2, 0.25) is 10.0 Å². The van der Waals surface area contributed by atoms with E-state index in [9.17, 15) is 18.3 Å². The van der Waals surface area contributed by atoms with Crippen molar-refractivity contribution in [2.24, 2.45) is 0 Å². The zero-order chi connectivity index (χ0) is 15.6. The van der Waals surface area contributed by atoms with E-state index < -0.39 is 28.1 Å². The molecule has 2 atom stereocenters. The summed E-state index contributed by atoms with van der Waals surface area (Å²) in [6.07, 6.45) is -0.944. The van der Waals surface area contributed by atoms with Crippen molar-refractivity contribution in [1.82, 2.24) is 4.31 Å². The second-order valence-electron chi connectivity index (χ2n) is 4.80. The molecule has 2 N–H and O–H groups in total. The Balaban J connectivity index is 2.33. The first-order valence-corrected chi connectivity index (χ1v) is 7.69. The van der Waals surface area contributed by atoms with Crippen molar-refractivity contribution >= 4 is 16.0 Å². The molecule has 1 heterocycles. The molecule has 2 unspecified atom stereocenters. The summed E-state index contributed by atoms with van der Waals surface area (Å²) in [5.74, 6) is -1.28. The van der Waals surface area contributed by atoms with Gasteiger partial charge in [0.1, 0.15) is 6.04 Å². The quantitative estimate of drug-likeness (QED) is 0.805. The molecular formula is C13H14N2O5S. The van der Waals surface area contributed by atoms with Crippen molar-refractivity contribution in [3.63, 3.8) is 0 Å². The van der Waals surface area contributed by atoms with Crippen LogP contribution in [0.4, 0.5) is 0 Å². The zero-order valence-corrected chi connectivity index (χ0v) is 11.8. The van der Waals surface area contributed by atoms with Crippen LogP contribution in [0.2, 0.25) is 0 Å². The van der Waals surface area contributed by atoms with Gasteiger partial charge in [-0.25, -0.2) is 8.42 Å². The van der Waals surface area contributed by atoms with Crippen molar-refractivity contribution in [3.8, 4) is 6.07 Å². The number of aliphatic carboxylic acids is 1. The van der Waals surface area contributed by atoms with Crippen LogP contribution in [0.1, 0.15) is 12.0 Å². The predicted molar refractivity (Wildman–Crippen MR) is 71.7 cm³/mol. The van der Waals surface area contributed by atoms with Crippen LogP contribution in [0.25, 0.3) is 0 Å². The molecule has 0 aromatic heterocycles. The molecule has 1 saturated heterocycles. The Morgan fingerprint density at radius 3 is 2.52 bits per heavy atom. The fraction of sp³-hybridized carbons (Fsp3) is 0.385. The Morgan fingerprint density at radius 1 is 1.38 bits per heavy atom. The fourth-order valence-electron chi connectivity index (χ4n) is 2.28. The van der Waals surface area contributed by atoms with E-state index in [4.69, 9.17) is 10.4 Å². The standard InChI is InChI=1S/C13H14N2O5S/c14-6-5-9-1-3-11(4-2-9)21(19,20)15-8-10(16)7-12(15)13(17)18/h1-4,10,12,16H,5,7-8H2,(H,17,18). The summed E-state index contributed by atoms with van der Waals surface area (Å²) in [6, 6.07) is 6.40. The second kappa shape index (κ2) is 5.81. The summed E-state index contributed by atoms with van der Waals surface area (Å²) in [6.45, 7) is -0.237. The largest absolute Gasteiger partial charge is 0.480 e. The number of carbonyl (C=O) groups is 1. The maximum atomic E-state index is 12.5. The number of hydrogen-bond donors (Lipinski definition) is 2. The number of nitrogens with zero attached hydrogens (tertiary/aromatic N) is 2. The number of carboxylic acid groups (broad SMARTS) is 1. The number of nitriles is 1. The number of aliphatic hydroxyl groups excluding tert-OH is 1. The minimum Gasteiger partial charge on any atom is -0.480 e. The molecule has 1 aromatic rings. The first kappa shape index (κ1) is 15.4. The Kier molecular flexibility index (Phi) is 4.27. The smallest absolute Gasteiger partial charge is 0.322 e. The van der Waals surface area contributed by atoms with Crippen molar-refractivity contribution in [2.45, 2.75) is 29.9 Å². The summed E-state index contributed by atoms with van der Waals surface area (Å²) in [4.78, 5) is 11.1. The van der Waals surface area contributed by atoms with Crippen molar-refractivity contribution in [2.75, 3.05) is 6.54 Å². The molecule has 7 nitrogen and oxygen atoms in total. The molecule has 1 aromatic carbocycles. The lowest BCUT2D eigenvalue weighted by molar-refractivity contribution is -0.140. The van der Waals surface area contributed by atoms with Gasteiger partial charge in [0.25, 0.3) is 0 Å². The lowest BCUT2D eigenvalue weighted by Gasteiger charge is -2.20. The first-order chi connectivity index (χ1) is 9.86. The van der Waals surface area contributed by atoms with Crippen molar-refractivity contribution < 1.29 is 23.4 Å². The van der Waals surface area contributed by atoms with Crippen LogP contribution >= 0.6 is 0 Å². The van der Waals surface area contributed by atoms with Crippen LogP contribution < -0.4 is 0 Å². The maximum Gasteiger partial charge on any atom is 0.322 e.